The fraction of sp³-hybridized carbons (Fsp3) is 0.444. The van der Waals surface area contributed by atoms with Gasteiger partial charge in [0.25, 0.3) is 0 Å². The summed E-state index contributed by atoms with van der Waals surface area (Å²) in [5.41, 5.74) is -0.160. The van der Waals surface area contributed by atoms with E-state index in [1.54, 1.807) is 24.1 Å². The van der Waals surface area contributed by atoms with Crippen LogP contribution in [-0.2, 0) is 12.7 Å². The number of likely N-dealkylation sites (tertiary alicyclic amines) is 1. The lowest BCUT2D eigenvalue weighted by molar-refractivity contribution is -0.141. The van der Waals surface area contributed by atoms with Gasteiger partial charge in [-0.15, -0.1) is 0 Å². The first-order chi connectivity index (χ1) is 13.2. The summed E-state index contributed by atoms with van der Waals surface area (Å²) in [6.07, 6.45) is -2.70. The summed E-state index contributed by atoms with van der Waals surface area (Å²) in [4.78, 5) is 11.3. The van der Waals surface area contributed by atoms with E-state index in [1.165, 1.54) is 6.07 Å². The van der Waals surface area contributed by atoms with Gasteiger partial charge in [-0.1, -0.05) is 12.1 Å². The van der Waals surface area contributed by atoms with E-state index < -0.39 is 18.5 Å². The van der Waals surface area contributed by atoms with Gasteiger partial charge in [-0.3, -0.25) is 4.90 Å². The number of hydrogen-bond acceptors (Lipinski definition) is 5. The number of hydrogen-bond donors (Lipinski definition) is 0. The zero-order valence-electron chi connectivity index (χ0n) is 15.0. The van der Waals surface area contributed by atoms with Gasteiger partial charge in [0.15, 0.2) is 0 Å². The fourth-order valence-corrected chi connectivity index (χ4v) is 3.19. The van der Waals surface area contributed by atoms with Gasteiger partial charge in [-0.2, -0.15) is 22.0 Å². The van der Waals surface area contributed by atoms with E-state index in [1.807, 2.05) is 6.07 Å². The van der Waals surface area contributed by atoms with Crippen molar-refractivity contribution in [2.24, 2.45) is 0 Å². The molecule has 0 spiro atoms. The highest BCUT2D eigenvalue weighted by Gasteiger charge is 2.34. The molecule has 2 heterocycles. The molecule has 0 aliphatic carbocycles. The molecule has 1 saturated heterocycles. The SMILES string of the molecule is CN(c1nccc(C(F)(F)F)n1)C1CCN(Cc2cccc(OC(F)F)c2)C1. The van der Waals surface area contributed by atoms with Gasteiger partial charge in [0.05, 0.1) is 0 Å². The molecule has 3 rings (SSSR count). The number of nitrogens with zero attached hydrogens (tertiary/aromatic N) is 4. The second-order valence-electron chi connectivity index (χ2n) is 6.55. The first-order valence-electron chi connectivity index (χ1n) is 8.61. The van der Waals surface area contributed by atoms with Crippen molar-refractivity contribution < 1.29 is 26.7 Å². The number of anilines is 1. The van der Waals surface area contributed by atoms with Gasteiger partial charge >= 0.3 is 12.8 Å². The molecular weight excluding hydrogens is 383 g/mol. The minimum Gasteiger partial charge on any atom is -0.435 e. The number of alkyl halides is 5. The quantitative estimate of drug-likeness (QED) is 0.688. The number of rotatable bonds is 6. The van der Waals surface area contributed by atoms with Crippen molar-refractivity contribution in [1.82, 2.24) is 14.9 Å². The van der Waals surface area contributed by atoms with Gasteiger partial charge in [0, 0.05) is 38.9 Å². The monoisotopic (exact) mass is 402 g/mol. The number of halogens is 5. The maximum absolute atomic E-state index is 12.9. The summed E-state index contributed by atoms with van der Waals surface area (Å²) in [6, 6.07) is 7.26. The average Bonchev–Trinajstić information content (AvgIpc) is 3.08. The van der Waals surface area contributed by atoms with Crippen LogP contribution in [0.1, 0.15) is 17.7 Å². The molecule has 1 unspecified atom stereocenters. The van der Waals surface area contributed by atoms with Crippen LogP contribution < -0.4 is 9.64 Å². The Labute approximate surface area is 158 Å². The summed E-state index contributed by atoms with van der Waals surface area (Å²) >= 11 is 0. The molecular formula is C18H19F5N4O. The maximum atomic E-state index is 12.9. The Morgan fingerprint density at radius 1 is 1.29 bits per heavy atom. The smallest absolute Gasteiger partial charge is 0.433 e. The van der Waals surface area contributed by atoms with E-state index in [0.29, 0.717) is 19.6 Å². The molecule has 0 N–H and O–H groups in total. The van der Waals surface area contributed by atoms with Crippen LogP contribution in [0.15, 0.2) is 36.5 Å². The molecule has 1 aliphatic heterocycles. The van der Waals surface area contributed by atoms with Gasteiger partial charge in [0.1, 0.15) is 11.4 Å². The van der Waals surface area contributed by atoms with Crippen molar-refractivity contribution in [3.05, 3.63) is 47.8 Å². The van der Waals surface area contributed by atoms with Crippen molar-refractivity contribution in [2.45, 2.75) is 31.8 Å². The Morgan fingerprint density at radius 3 is 2.79 bits per heavy atom. The third-order valence-electron chi connectivity index (χ3n) is 4.57. The standard InChI is InChI=1S/C18H19F5N4O/c1-26(17-24-7-5-15(25-17)18(21,22)23)13-6-8-27(11-13)10-12-3-2-4-14(9-12)28-16(19)20/h2-5,7,9,13,16H,6,8,10-11H2,1H3. The number of likely N-dealkylation sites (N-methyl/N-ethyl adjacent to an activating group) is 1. The number of benzene rings is 1. The van der Waals surface area contributed by atoms with Crippen molar-refractivity contribution in [1.29, 1.82) is 0 Å². The van der Waals surface area contributed by atoms with Crippen LogP contribution >= 0.6 is 0 Å². The third-order valence-corrected chi connectivity index (χ3v) is 4.57. The molecule has 0 radical (unpaired) electrons. The van der Waals surface area contributed by atoms with Gasteiger partial charge < -0.3 is 9.64 Å². The summed E-state index contributed by atoms with van der Waals surface area (Å²) in [7, 11) is 1.67. The Balaban J connectivity index is 1.62. The lowest BCUT2D eigenvalue weighted by Crippen LogP contribution is -2.35. The molecule has 1 aromatic carbocycles. The molecule has 1 fully saturated rings. The van der Waals surface area contributed by atoms with Crippen LogP contribution in [0.3, 0.4) is 0 Å². The lowest BCUT2D eigenvalue weighted by atomic mass is 10.2. The topological polar surface area (TPSA) is 41.5 Å². The molecule has 10 heteroatoms. The summed E-state index contributed by atoms with van der Waals surface area (Å²) in [5, 5.41) is 0. The van der Waals surface area contributed by atoms with E-state index in [-0.39, 0.29) is 17.7 Å². The zero-order chi connectivity index (χ0) is 20.3. The van der Waals surface area contributed by atoms with Crippen LogP contribution in [0.5, 0.6) is 5.75 Å². The van der Waals surface area contributed by atoms with Gasteiger partial charge in [0.2, 0.25) is 5.95 Å². The second-order valence-corrected chi connectivity index (χ2v) is 6.55. The molecule has 5 nitrogen and oxygen atoms in total. The molecule has 28 heavy (non-hydrogen) atoms. The average molecular weight is 402 g/mol. The van der Waals surface area contributed by atoms with Crippen LogP contribution in [-0.4, -0.2) is 47.7 Å². The molecule has 152 valence electrons. The molecule has 0 saturated carbocycles. The predicted molar refractivity (Wildman–Crippen MR) is 92.2 cm³/mol. The highest BCUT2D eigenvalue weighted by Crippen LogP contribution is 2.29. The summed E-state index contributed by atoms with van der Waals surface area (Å²) in [5.74, 6) is 0.117. The molecule has 0 amide bonds. The van der Waals surface area contributed by atoms with Gasteiger partial charge in [-0.05, 0) is 30.2 Å². The molecule has 1 atom stereocenters. The Kier molecular flexibility index (Phi) is 5.97. The van der Waals surface area contributed by atoms with E-state index in [0.717, 1.165) is 24.2 Å². The maximum Gasteiger partial charge on any atom is 0.433 e. The second kappa shape index (κ2) is 8.26. The normalized spacial score (nSPS) is 17.9. The van der Waals surface area contributed by atoms with Crippen molar-refractivity contribution in [3.8, 4) is 5.75 Å². The van der Waals surface area contributed by atoms with E-state index in [2.05, 4.69) is 19.6 Å². The summed E-state index contributed by atoms with van der Waals surface area (Å²) < 4.78 is 67.6. The van der Waals surface area contributed by atoms with Crippen LogP contribution in [0.25, 0.3) is 0 Å². The van der Waals surface area contributed by atoms with Crippen LogP contribution in [0, 0.1) is 0 Å². The van der Waals surface area contributed by atoms with Gasteiger partial charge in [-0.25, -0.2) is 9.97 Å². The van der Waals surface area contributed by atoms with E-state index >= 15 is 0 Å². The molecule has 1 aromatic heterocycles. The Morgan fingerprint density at radius 2 is 2.07 bits per heavy atom. The van der Waals surface area contributed by atoms with E-state index in [9.17, 15) is 22.0 Å². The highest BCUT2D eigenvalue weighted by atomic mass is 19.4. The zero-order valence-corrected chi connectivity index (χ0v) is 15.0. The largest absolute Gasteiger partial charge is 0.435 e. The summed E-state index contributed by atoms with van der Waals surface area (Å²) in [6.45, 7) is -1.05. The first-order valence-corrected chi connectivity index (χ1v) is 8.61. The Hall–Kier alpha value is -2.49. The minimum absolute atomic E-state index is 0.0222. The van der Waals surface area contributed by atoms with E-state index in [4.69, 9.17) is 0 Å². The van der Waals surface area contributed by atoms with Crippen molar-refractivity contribution in [3.63, 3.8) is 0 Å². The van der Waals surface area contributed by atoms with Crippen LogP contribution in [0.2, 0.25) is 0 Å². The van der Waals surface area contributed by atoms with Crippen LogP contribution in [0.4, 0.5) is 27.9 Å². The lowest BCUT2D eigenvalue weighted by Gasteiger charge is -2.25. The fourth-order valence-electron chi connectivity index (χ4n) is 3.19. The third kappa shape index (κ3) is 5.06. The molecule has 0 bridgehead atoms. The first kappa shape index (κ1) is 20.2. The number of aromatic nitrogens is 2. The number of ether oxygens (including phenoxy) is 1. The highest BCUT2D eigenvalue weighted by molar-refractivity contribution is 5.32. The molecule has 2 aromatic rings. The van der Waals surface area contributed by atoms with Crippen molar-refractivity contribution >= 4 is 5.95 Å². The predicted octanol–water partition coefficient (Wildman–Crippen LogP) is 3.81. The minimum atomic E-state index is -4.52. The molecule has 1 aliphatic rings. The van der Waals surface area contributed by atoms with Crippen molar-refractivity contribution in [2.75, 3.05) is 25.0 Å². The Bertz CT molecular complexity index is 802.